The Morgan fingerprint density at radius 1 is 0.926 bits per heavy atom. The molecule has 2 aromatic carbocycles. The quantitative estimate of drug-likeness (QED) is 0.517. The number of ether oxygens (including phenoxy) is 1. The van der Waals surface area contributed by atoms with Crippen molar-refractivity contribution in [2.24, 2.45) is 5.92 Å². The second-order valence-corrected chi connectivity index (χ2v) is 7.28. The normalized spacial score (nSPS) is 21.4. The number of alkyl halides is 6. The van der Waals surface area contributed by atoms with Gasteiger partial charge in [-0.25, -0.2) is 0 Å². The van der Waals surface area contributed by atoms with Crippen LogP contribution in [0.3, 0.4) is 0 Å². The van der Waals surface area contributed by atoms with Crippen LogP contribution >= 0.6 is 0 Å². The standard InChI is InChI=1S/C20H20F6O/c1-12-2-6-15(7-3-12)27-17-9-5-14-10-13(11-19(21,22)23)4-8-16(14)18(17)20(24,25)26/h4-5,8-10,12,15H,2-3,6-7,11H2,1H3. The van der Waals surface area contributed by atoms with Gasteiger partial charge >= 0.3 is 12.4 Å². The third-order valence-corrected chi connectivity index (χ3v) is 4.99. The predicted octanol–water partition coefficient (Wildman–Crippen LogP) is 6.92. The van der Waals surface area contributed by atoms with E-state index in [2.05, 4.69) is 6.92 Å². The summed E-state index contributed by atoms with van der Waals surface area (Å²) in [7, 11) is 0. The van der Waals surface area contributed by atoms with Crippen molar-refractivity contribution in [3.05, 3.63) is 41.5 Å². The molecule has 0 heterocycles. The number of rotatable bonds is 3. The Hall–Kier alpha value is -1.92. The van der Waals surface area contributed by atoms with Crippen molar-refractivity contribution in [2.75, 3.05) is 0 Å². The summed E-state index contributed by atoms with van der Waals surface area (Å²) in [6.45, 7) is 2.10. The molecule has 3 rings (SSSR count). The maximum atomic E-state index is 13.7. The van der Waals surface area contributed by atoms with Crippen LogP contribution in [0.25, 0.3) is 10.8 Å². The minimum atomic E-state index is -4.66. The van der Waals surface area contributed by atoms with E-state index in [-0.39, 0.29) is 28.2 Å². The highest BCUT2D eigenvalue weighted by atomic mass is 19.4. The lowest BCUT2D eigenvalue weighted by Gasteiger charge is -2.28. The highest BCUT2D eigenvalue weighted by molar-refractivity contribution is 5.89. The fraction of sp³-hybridized carbons (Fsp3) is 0.500. The smallest absolute Gasteiger partial charge is 0.420 e. The zero-order chi connectivity index (χ0) is 19.8. The van der Waals surface area contributed by atoms with Crippen molar-refractivity contribution >= 4 is 10.8 Å². The van der Waals surface area contributed by atoms with Gasteiger partial charge in [0.05, 0.1) is 12.5 Å². The maximum Gasteiger partial charge on any atom is 0.420 e. The predicted molar refractivity (Wildman–Crippen MR) is 90.8 cm³/mol. The van der Waals surface area contributed by atoms with Crippen LogP contribution in [-0.4, -0.2) is 12.3 Å². The van der Waals surface area contributed by atoms with E-state index in [1.807, 2.05) is 0 Å². The molecule has 1 saturated carbocycles. The second kappa shape index (κ2) is 7.24. The van der Waals surface area contributed by atoms with E-state index in [9.17, 15) is 26.3 Å². The van der Waals surface area contributed by atoms with Gasteiger partial charge in [-0.15, -0.1) is 0 Å². The largest absolute Gasteiger partial charge is 0.490 e. The van der Waals surface area contributed by atoms with Crippen molar-refractivity contribution in [1.29, 1.82) is 0 Å². The Morgan fingerprint density at radius 3 is 2.19 bits per heavy atom. The van der Waals surface area contributed by atoms with Crippen molar-refractivity contribution in [3.8, 4) is 5.75 Å². The molecule has 0 radical (unpaired) electrons. The van der Waals surface area contributed by atoms with E-state index in [0.717, 1.165) is 31.0 Å². The Bertz CT molecular complexity index is 800. The molecule has 2 aromatic rings. The Balaban J connectivity index is 1.98. The van der Waals surface area contributed by atoms with Gasteiger partial charge in [0, 0.05) is 0 Å². The molecule has 0 N–H and O–H groups in total. The SMILES string of the molecule is CC1CCC(Oc2ccc3cc(CC(F)(F)F)ccc3c2C(F)(F)F)CC1. The molecule has 7 heteroatoms. The molecule has 148 valence electrons. The van der Waals surface area contributed by atoms with Crippen LogP contribution in [0.15, 0.2) is 30.3 Å². The number of hydrogen-bond donors (Lipinski definition) is 0. The molecule has 0 saturated heterocycles. The summed E-state index contributed by atoms with van der Waals surface area (Å²) in [4.78, 5) is 0. The first-order valence-electron chi connectivity index (χ1n) is 8.89. The zero-order valence-electron chi connectivity index (χ0n) is 14.8. The highest BCUT2D eigenvalue weighted by Gasteiger charge is 2.37. The van der Waals surface area contributed by atoms with Gasteiger partial charge in [0.25, 0.3) is 0 Å². The van der Waals surface area contributed by atoms with E-state index < -0.39 is 24.3 Å². The molecule has 1 aliphatic rings. The molecular weight excluding hydrogens is 370 g/mol. The van der Waals surface area contributed by atoms with Crippen LogP contribution in [0.5, 0.6) is 5.75 Å². The Labute approximate surface area is 153 Å². The van der Waals surface area contributed by atoms with Gasteiger partial charge in [0.15, 0.2) is 0 Å². The number of fused-ring (bicyclic) bond motifs is 1. The number of benzene rings is 2. The lowest BCUT2D eigenvalue weighted by Crippen LogP contribution is -2.24. The summed E-state index contributed by atoms with van der Waals surface area (Å²) in [5.74, 6) is 0.286. The number of hydrogen-bond acceptors (Lipinski definition) is 1. The fourth-order valence-corrected chi connectivity index (χ4v) is 3.62. The minimum absolute atomic E-state index is 0.0712. The van der Waals surface area contributed by atoms with Crippen LogP contribution in [0.4, 0.5) is 26.3 Å². The first kappa shape index (κ1) is 19.8. The van der Waals surface area contributed by atoms with Crippen molar-refractivity contribution in [2.45, 2.75) is 57.5 Å². The van der Waals surface area contributed by atoms with Gasteiger partial charge in [-0.3, -0.25) is 0 Å². The topological polar surface area (TPSA) is 9.23 Å². The summed E-state index contributed by atoms with van der Waals surface area (Å²) in [6.07, 6.45) is -7.33. The average Bonchev–Trinajstić information content (AvgIpc) is 2.54. The van der Waals surface area contributed by atoms with Gasteiger partial charge in [-0.2, -0.15) is 26.3 Å². The highest BCUT2D eigenvalue weighted by Crippen LogP contribution is 2.43. The zero-order valence-corrected chi connectivity index (χ0v) is 14.8. The Kier molecular flexibility index (Phi) is 5.32. The molecule has 0 unspecified atom stereocenters. The average molecular weight is 390 g/mol. The molecule has 0 spiro atoms. The molecule has 1 fully saturated rings. The lowest BCUT2D eigenvalue weighted by atomic mass is 9.89. The van der Waals surface area contributed by atoms with Crippen LogP contribution in [0.2, 0.25) is 0 Å². The lowest BCUT2D eigenvalue weighted by molar-refractivity contribution is -0.138. The minimum Gasteiger partial charge on any atom is -0.490 e. The van der Waals surface area contributed by atoms with E-state index in [4.69, 9.17) is 4.74 Å². The first-order valence-corrected chi connectivity index (χ1v) is 8.89. The summed E-state index contributed by atoms with van der Waals surface area (Å²) in [5.41, 5.74) is -0.991. The second-order valence-electron chi connectivity index (χ2n) is 7.28. The van der Waals surface area contributed by atoms with Gasteiger partial charge in [0.2, 0.25) is 0 Å². The van der Waals surface area contributed by atoms with Crippen LogP contribution in [0.1, 0.15) is 43.7 Å². The molecule has 1 nitrogen and oxygen atoms in total. The third kappa shape index (κ3) is 4.87. The van der Waals surface area contributed by atoms with Gasteiger partial charge in [-0.1, -0.05) is 31.2 Å². The molecular formula is C20H20F6O. The first-order chi connectivity index (χ1) is 12.5. The van der Waals surface area contributed by atoms with E-state index in [0.29, 0.717) is 18.8 Å². The maximum absolute atomic E-state index is 13.7. The molecule has 1 aliphatic carbocycles. The van der Waals surface area contributed by atoms with Gasteiger partial charge in [0.1, 0.15) is 11.3 Å². The molecule has 0 aliphatic heterocycles. The summed E-state index contributed by atoms with van der Waals surface area (Å²) < 4.78 is 84.5. The van der Waals surface area contributed by atoms with Gasteiger partial charge in [-0.05, 0) is 54.0 Å². The van der Waals surface area contributed by atoms with E-state index in [1.165, 1.54) is 12.1 Å². The van der Waals surface area contributed by atoms with E-state index >= 15 is 0 Å². The number of halogens is 6. The monoisotopic (exact) mass is 390 g/mol. The summed E-state index contributed by atoms with van der Waals surface area (Å²) in [5, 5.41) is -0.0243. The molecule has 0 atom stereocenters. The summed E-state index contributed by atoms with van der Waals surface area (Å²) in [6, 6.07) is 5.97. The van der Waals surface area contributed by atoms with Crippen molar-refractivity contribution in [1.82, 2.24) is 0 Å². The van der Waals surface area contributed by atoms with Crippen LogP contribution in [-0.2, 0) is 12.6 Å². The van der Waals surface area contributed by atoms with E-state index in [1.54, 1.807) is 0 Å². The van der Waals surface area contributed by atoms with Crippen LogP contribution in [0, 0.1) is 5.92 Å². The fourth-order valence-electron chi connectivity index (χ4n) is 3.62. The van der Waals surface area contributed by atoms with Crippen molar-refractivity contribution < 1.29 is 31.1 Å². The third-order valence-electron chi connectivity index (χ3n) is 4.99. The molecule has 0 aromatic heterocycles. The summed E-state index contributed by atoms with van der Waals surface area (Å²) >= 11 is 0. The molecule has 0 amide bonds. The van der Waals surface area contributed by atoms with Crippen LogP contribution < -0.4 is 4.74 Å². The Morgan fingerprint density at radius 2 is 1.59 bits per heavy atom. The van der Waals surface area contributed by atoms with Gasteiger partial charge < -0.3 is 4.74 Å². The van der Waals surface area contributed by atoms with Crippen molar-refractivity contribution in [3.63, 3.8) is 0 Å². The molecule has 0 bridgehead atoms. The molecule has 27 heavy (non-hydrogen) atoms.